The number of fused-ring (bicyclic) bond motifs is 4. The molecule has 8 heteroatoms. The van der Waals surface area contributed by atoms with Crippen molar-refractivity contribution < 1.29 is 0 Å². The molecule has 0 saturated heterocycles. The lowest BCUT2D eigenvalue weighted by molar-refractivity contribution is 1.09. The zero-order valence-electron chi connectivity index (χ0n) is 14.0. The van der Waals surface area contributed by atoms with Crippen LogP contribution in [-0.2, 0) is 0 Å². The standard InChI is InChI=1S/C19H12N8/c1-2-14-16(23-9-22-14)3-12(1)27-10-24-18-8-21-17-7-20-15(4-13(17)19(18)27)11-5-25-26-6-11/h1-10H,(H,22,23)(H,25,26). The Morgan fingerprint density at radius 3 is 2.74 bits per heavy atom. The van der Waals surface area contributed by atoms with Crippen molar-refractivity contribution in [1.82, 2.24) is 39.7 Å². The fourth-order valence-corrected chi connectivity index (χ4v) is 3.41. The smallest absolute Gasteiger partial charge is 0.108 e. The van der Waals surface area contributed by atoms with Gasteiger partial charge in [-0.25, -0.2) is 9.97 Å². The molecule has 6 aromatic rings. The molecule has 0 saturated carbocycles. The summed E-state index contributed by atoms with van der Waals surface area (Å²) in [6.45, 7) is 0. The molecule has 27 heavy (non-hydrogen) atoms. The maximum Gasteiger partial charge on any atom is 0.108 e. The number of aromatic amines is 2. The maximum absolute atomic E-state index is 4.54. The van der Waals surface area contributed by atoms with Crippen molar-refractivity contribution in [1.29, 1.82) is 0 Å². The van der Waals surface area contributed by atoms with E-state index in [1.165, 1.54) is 0 Å². The lowest BCUT2D eigenvalue weighted by Crippen LogP contribution is -1.94. The number of imidazole rings is 2. The molecule has 5 heterocycles. The highest BCUT2D eigenvalue weighted by Crippen LogP contribution is 2.28. The molecule has 0 radical (unpaired) electrons. The van der Waals surface area contributed by atoms with Crippen molar-refractivity contribution >= 4 is 33.0 Å². The SMILES string of the molecule is c1nc2ccc(-n3cnc4cnc5cnc(-c6cn[nH]c6)cc5c43)cc2[nH]1. The first-order chi connectivity index (χ1) is 13.4. The number of pyridine rings is 2. The largest absolute Gasteiger partial charge is 0.345 e. The summed E-state index contributed by atoms with van der Waals surface area (Å²) in [7, 11) is 0. The Balaban J connectivity index is 1.66. The van der Waals surface area contributed by atoms with Crippen molar-refractivity contribution in [2.45, 2.75) is 0 Å². The summed E-state index contributed by atoms with van der Waals surface area (Å²) in [4.78, 5) is 21.0. The van der Waals surface area contributed by atoms with Gasteiger partial charge >= 0.3 is 0 Å². The van der Waals surface area contributed by atoms with Crippen LogP contribution in [0, 0.1) is 0 Å². The Morgan fingerprint density at radius 2 is 1.81 bits per heavy atom. The summed E-state index contributed by atoms with van der Waals surface area (Å²) in [5.41, 5.74) is 7.32. The van der Waals surface area contributed by atoms with E-state index in [2.05, 4.69) is 45.8 Å². The van der Waals surface area contributed by atoms with E-state index in [0.717, 1.165) is 49.9 Å². The second kappa shape index (κ2) is 5.21. The molecule has 1 aromatic carbocycles. The van der Waals surface area contributed by atoms with Crippen LogP contribution in [0.3, 0.4) is 0 Å². The van der Waals surface area contributed by atoms with Crippen LogP contribution >= 0.6 is 0 Å². The second-order valence-corrected chi connectivity index (χ2v) is 6.28. The molecule has 6 rings (SSSR count). The van der Waals surface area contributed by atoms with E-state index in [4.69, 9.17) is 0 Å². The van der Waals surface area contributed by atoms with Crippen molar-refractivity contribution in [3.05, 3.63) is 61.7 Å². The molecular weight excluding hydrogens is 340 g/mol. The van der Waals surface area contributed by atoms with Crippen molar-refractivity contribution in [2.24, 2.45) is 0 Å². The van der Waals surface area contributed by atoms with Gasteiger partial charge < -0.3 is 4.98 Å². The molecule has 128 valence electrons. The third-order valence-electron chi connectivity index (χ3n) is 4.74. The molecule has 0 unspecified atom stereocenters. The van der Waals surface area contributed by atoms with E-state index in [0.29, 0.717) is 0 Å². The molecule has 0 bridgehead atoms. The Labute approximate surface area is 151 Å². The predicted octanol–water partition coefficient (Wildman–Crippen LogP) is 3.24. The second-order valence-electron chi connectivity index (χ2n) is 6.28. The molecule has 0 amide bonds. The van der Waals surface area contributed by atoms with Crippen LogP contribution in [0.4, 0.5) is 0 Å². The van der Waals surface area contributed by atoms with Gasteiger partial charge in [-0.05, 0) is 24.3 Å². The normalized spacial score (nSPS) is 11.7. The number of hydrogen-bond donors (Lipinski definition) is 2. The Morgan fingerprint density at radius 1 is 0.852 bits per heavy atom. The number of benzene rings is 1. The molecule has 5 aromatic heterocycles. The van der Waals surface area contributed by atoms with Crippen LogP contribution < -0.4 is 0 Å². The lowest BCUT2D eigenvalue weighted by Gasteiger charge is -2.07. The maximum atomic E-state index is 4.54. The minimum absolute atomic E-state index is 0.819. The number of hydrogen-bond acceptors (Lipinski definition) is 5. The molecule has 2 N–H and O–H groups in total. The molecule has 0 fully saturated rings. The summed E-state index contributed by atoms with van der Waals surface area (Å²) in [5.74, 6) is 0. The van der Waals surface area contributed by atoms with Crippen LogP contribution in [0.15, 0.2) is 61.7 Å². The van der Waals surface area contributed by atoms with Gasteiger partial charge in [-0.2, -0.15) is 5.10 Å². The van der Waals surface area contributed by atoms with Gasteiger partial charge in [0.15, 0.2) is 0 Å². The third kappa shape index (κ3) is 2.07. The monoisotopic (exact) mass is 352 g/mol. The zero-order valence-corrected chi connectivity index (χ0v) is 14.0. The first-order valence-corrected chi connectivity index (χ1v) is 8.41. The molecular formula is C19H12N8. The van der Waals surface area contributed by atoms with E-state index in [9.17, 15) is 0 Å². The zero-order chi connectivity index (χ0) is 17.8. The van der Waals surface area contributed by atoms with Gasteiger partial charge in [-0.15, -0.1) is 0 Å². The van der Waals surface area contributed by atoms with Crippen LogP contribution in [0.1, 0.15) is 0 Å². The summed E-state index contributed by atoms with van der Waals surface area (Å²) in [5, 5.41) is 7.83. The molecule has 0 spiro atoms. The average Bonchev–Trinajstić information content (AvgIpc) is 3.46. The number of H-pyrrole nitrogens is 2. The van der Waals surface area contributed by atoms with E-state index in [-0.39, 0.29) is 0 Å². The van der Waals surface area contributed by atoms with E-state index < -0.39 is 0 Å². The van der Waals surface area contributed by atoms with Gasteiger partial charge in [0.1, 0.15) is 11.8 Å². The number of aromatic nitrogens is 8. The predicted molar refractivity (Wildman–Crippen MR) is 101 cm³/mol. The van der Waals surface area contributed by atoms with E-state index in [1.54, 1.807) is 24.9 Å². The molecule has 0 aliphatic heterocycles. The molecule has 0 atom stereocenters. The topological polar surface area (TPSA) is 101 Å². The lowest BCUT2D eigenvalue weighted by atomic mass is 10.1. The Bertz CT molecular complexity index is 1420. The number of nitrogens with one attached hydrogen (secondary N) is 2. The average molecular weight is 352 g/mol. The molecule has 8 nitrogen and oxygen atoms in total. The van der Waals surface area contributed by atoms with Gasteiger partial charge in [0.2, 0.25) is 0 Å². The van der Waals surface area contributed by atoms with Gasteiger partial charge in [0.25, 0.3) is 0 Å². The van der Waals surface area contributed by atoms with Crippen molar-refractivity contribution in [3.63, 3.8) is 0 Å². The van der Waals surface area contributed by atoms with Gasteiger partial charge in [-0.3, -0.25) is 19.6 Å². The summed E-state index contributed by atoms with van der Waals surface area (Å²) in [6, 6.07) is 8.12. The first kappa shape index (κ1) is 14.1. The summed E-state index contributed by atoms with van der Waals surface area (Å²) < 4.78 is 2.07. The van der Waals surface area contributed by atoms with Crippen LogP contribution in [0.5, 0.6) is 0 Å². The Kier molecular flexibility index (Phi) is 2.73. The minimum Gasteiger partial charge on any atom is -0.345 e. The Hall–Kier alpha value is -4.07. The molecule has 0 aliphatic carbocycles. The van der Waals surface area contributed by atoms with Crippen LogP contribution in [-0.4, -0.2) is 39.7 Å². The highest BCUT2D eigenvalue weighted by molar-refractivity contribution is 6.03. The van der Waals surface area contributed by atoms with Gasteiger partial charge in [-0.1, -0.05) is 0 Å². The molecule has 0 aliphatic rings. The van der Waals surface area contributed by atoms with Crippen molar-refractivity contribution in [2.75, 3.05) is 0 Å². The van der Waals surface area contributed by atoms with Gasteiger partial charge in [0, 0.05) is 22.8 Å². The highest BCUT2D eigenvalue weighted by atomic mass is 15.1. The fraction of sp³-hybridized carbons (Fsp3) is 0. The van der Waals surface area contributed by atoms with Crippen LogP contribution in [0.25, 0.3) is 49.9 Å². The minimum atomic E-state index is 0.819. The third-order valence-corrected chi connectivity index (χ3v) is 4.74. The fourth-order valence-electron chi connectivity index (χ4n) is 3.41. The van der Waals surface area contributed by atoms with Crippen molar-refractivity contribution in [3.8, 4) is 16.9 Å². The highest BCUT2D eigenvalue weighted by Gasteiger charge is 2.13. The van der Waals surface area contributed by atoms with Gasteiger partial charge in [0.05, 0.1) is 52.7 Å². The van der Waals surface area contributed by atoms with E-state index >= 15 is 0 Å². The number of rotatable bonds is 2. The summed E-state index contributed by atoms with van der Waals surface area (Å²) in [6.07, 6.45) is 10.7. The quantitative estimate of drug-likeness (QED) is 0.498. The van der Waals surface area contributed by atoms with Crippen LogP contribution in [0.2, 0.25) is 0 Å². The first-order valence-electron chi connectivity index (χ1n) is 8.41. The summed E-state index contributed by atoms with van der Waals surface area (Å²) >= 11 is 0. The number of nitrogens with zero attached hydrogens (tertiary/aromatic N) is 6. The van der Waals surface area contributed by atoms with E-state index in [1.807, 2.05) is 30.7 Å².